The molecule has 1 heterocycles. The predicted octanol–water partition coefficient (Wildman–Crippen LogP) is 3.52. The van der Waals surface area contributed by atoms with Crippen LogP contribution in [0.4, 0.5) is 0 Å². The summed E-state index contributed by atoms with van der Waals surface area (Å²) in [5.74, 6) is 1.56. The molecule has 0 aliphatic carbocycles. The molecule has 4 heteroatoms. The number of rotatable bonds is 6. The second kappa shape index (κ2) is 6.32. The Hall–Kier alpha value is -0.900. The van der Waals surface area contributed by atoms with E-state index in [1.54, 1.807) is 0 Å². The first-order valence-electron chi connectivity index (χ1n) is 6.82. The van der Waals surface area contributed by atoms with Gasteiger partial charge in [-0.2, -0.15) is 4.98 Å². The lowest BCUT2D eigenvalue weighted by Gasteiger charge is -2.22. The summed E-state index contributed by atoms with van der Waals surface area (Å²) in [5, 5.41) is 13.6. The third kappa shape index (κ3) is 5.17. The first-order valence-corrected chi connectivity index (χ1v) is 6.82. The van der Waals surface area contributed by atoms with E-state index < -0.39 is 6.10 Å². The van der Waals surface area contributed by atoms with Gasteiger partial charge in [0.05, 0.1) is 0 Å². The van der Waals surface area contributed by atoms with E-state index in [-0.39, 0.29) is 0 Å². The highest BCUT2D eigenvalue weighted by Gasteiger charge is 2.19. The molecule has 0 fully saturated rings. The van der Waals surface area contributed by atoms with Crippen LogP contribution in [-0.4, -0.2) is 15.2 Å². The van der Waals surface area contributed by atoms with E-state index in [9.17, 15) is 5.11 Å². The summed E-state index contributed by atoms with van der Waals surface area (Å²) >= 11 is 0. The van der Waals surface area contributed by atoms with E-state index in [0.29, 0.717) is 29.5 Å². The van der Waals surface area contributed by atoms with E-state index in [1.807, 2.05) is 6.92 Å². The van der Waals surface area contributed by atoms with Gasteiger partial charge in [-0.3, -0.25) is 0 Å². The number of aliphatic hydroxyl groups is 1. The van der Waals surface area contributed by atoms with Crippen LogP contribution in [0.15, 0.2) is 4.52 Å². The molecular weight excluding hydrogens is 228 g/mol. The van der Waals surface area contributed by atoms with Crippen molar-refractivity contribution in [3.05, 3.63) is 11.7 Å². The molecule has 0 amide bonds. The minimum absolute atomic E-state index is 0.310. The Morgan fingerprint density at radius 1 is 1.33 bits per heavy atom. The van der Waals surface area contributed by atoms with Crippen LogP contribution in [0.25, 0.3) is 0 Å². The quantitative estimate of drug-likeness (QED) is 0.843. The molecule has 18 heavy (non-hydrogen) atoms. The maximum atomic E-state index is 9.77. The average molecular weight is 254 g/mol. The van der Waals surface area contributed by atoms with Crippen LogP contribution < -0.4 is 0 Å². The summed E-state index contributed by atoms with van der Waals surface area (Å²) in [7, 11) is 0. The third-order valence-corrected chi connectivity index (χ3v) is 2.83. The van der Waals surface area contributed by atoms with Gasteiger partial charge in [-0.1, -0.05) is 46.2 Å². The lowest BCUT2D eigenvalue weighted by molar-refractivity contribution is 0.152. The van der Waals surface area contributed by atoms with Crippen LogP contribution in [0, 0.1) is 11.3 Å². The molecule has 0 aromatic carbocycles. The smallest absolute Gasteiger partial charge is 0.227 e. The molecular formula is C14H26N2O2. The maximum Gasteiger partial charge on any atom is 0.227 e. The molecule has 0 saturated carbocycles. The molecule has 0 spiro atoms. The summed E-state index contributed by atoms with van der Waals surface area (Å²) < 4.78 is 5.20. The topological polar surface area (TPSA) is 59.2 Å². The first-order chi connectivity index (χ1) is 8.31. The minimum Gasteiger partial charge on any atom is -0.385 e. The Balaban J connectivity index is 2.53. The van der Waals surface area contributed by atoms with Gasteiger partial charge in [0.25, 0.3) is 0 Å². The minimum atomic E-state index is -0.592. The van der Waals surface area contributed by atoms with Crippen LogP contribution in [0.5, 0.6) is 0 Å². The first kappa shape index (κ1) is 15.2. The van der Waals surface area contributed by atoms with E-state index in [0.717, 1.165) is 19.3 Å². The van der Waals surface area contributed by atoms with Crippen molar-refractivity contribution >= 4 is 0 Å². The zero-order valence-corrected chi connectivity index (χ0v) is 12.2. The third-order valence-electron chi connectivity index (χ3n) is 2.83. The normalized spacial score (nSPS) is 15.7. The fourth-order valence-corrected chi connectivity index (χ4v) is 2.30. The Morgan fingerprint density at radius 3 is 2.56 bits per heavy atom. The Morgan fingerprint density at radius 2 is 2.00 bits per heavy atom. The van der Waals surface area contributed by atoms with Crippen molar-refractivity contribution in [2.45, 2.75) is 66.4 Å². The highest BCUT2D eigenvalue weighted by atomic mass is 16.5. The Bertz CT molecular complexity index is 355. The lowest BCUT2D eigenvalue weighted by Crippen LogP contribution is -2.13. The SMILES string of the molecule is CCCC(O)c1noc(CC(C)CC(C)(C)C)n1. The van der Waals surface area contributed by atoms with Crippen LogP contribution in [-0.2, 0) is 6.42 Å². The largest absolute Gasteiger partial charge is 0.385 e. The second-order valence-corrected chi connectivity index (χ2v) is 6.42. The van der Waals surface area contributed by atoms with Crippen LogP contribution in [0.3, 0.4) is 0 Å². The highest BCUT2D eigenvalue weighted by molar-refractivity contribution is 4.91. The molecule has 0 aliphatic rings. The van der Waals surface area contributed by atoms with Crippen molar-refractivity contribution in [3.63, 3.8) is 0 Å². The van der Waals surface area contributed by atoms with Crippen molar-refractivity contribution in [2.75, 3.05) is 0 Å². The van der Waals surface area contributed by atoms with E-state index >= 15 is 0 Å². The number of aromatic nitrogens is 2. The molecule has 1 aromatic rings. The number of aliphatic hydroxyl groups excluding tert-OH is 1. The number of nitrogens with zero attached hydrogens (tertiary/aromatic N) is 2. The highest BCUT2D eigenvalue weighted by Crippen LogP contribution is 2.26. The molecule has 1 N–H and O–H groups in total. The summed E-state index contributed by atoms with van der Waals surface area (Å²) in [6.07, 6.45) is 2.89. The van der Waals surface area contributed by atoms with Gasteiger partial charge in [0, 0.05) is 6.42 Å². The van der Waals surface area contributed by atoms with E-state index in [4.69, 9.17) is 4.52 Å². The van der Waals surface area contributed by atoms with Crippen LogP contribution in [0.2, 0.25) is 0 Å². The molecule has 1 rings (SSSR count). The number of hydrogen-bond acceptors (Lipinski definition) is 4. The molecule has 4 nitrogen and oxygen atoms in total. The van der Waals surface area contributed by atoms with Gasteiger partial charge in [0.2, 0.25) is 5.89 Å². The van der Waals surface area contributed by atoms with Gasteiger partial charge in [-0.25, -0.2) is 0 Å². The maximum absolute atomic E-state index is 9.77. The molecule has 2 unspecified atom stereocenters. The molecule has 2 atom stereocenters. The van der Waals surface area contributed by atoms with Crippen molar-refractivity contribution in [3.8, 4) is 0 Å². The lowest BCUT2D eigenvalue weighted by atomic mass is 9.84. The van der Waals surface area contributed by atoms with E-state index in [2.05, 4.69) is 37.8 Å². The summed E-state index contributed by atoms with van der Waals surface area (Å²) in [4.78, 5) is 4.27. The molecule has 0 bridgehead atoms. The molecule has 0 aliphatic heterocycles. The average Bonchev–Trinajstić information content (AvgIpc) is 2.63. The summed E-state index contributed by atoms with van der Waals surface area (Å²) in [6, 6.07) is 0. The zero-order chi connectivity index (χ0) is 13.8. The molecule has 0 saturated heterocycles. The zero-order valence-electron chi connectivity index (χ0n) is 12.2. The van der Waals surface area contributed by atoms with Gasteiger partial charge in [0.15, 0.2) is 5.82 Å². The van der Waals surface area contributed by atoms with Gasteiger partial charge in [-0.15, -0.1) is 0 Å². The van der Waals surface area contributed by atoms with Crippen molar-refractivity contribution in [2.24, 2.45) is 11.3 Å². The summed E-state index contributed by atoms with van der Waals surface area (Å²) in [5.41, 5.74) is 0.310. The molecule has 104 valence electrons. The molecule has 0 radical (unpaired) electrons. The van der Waals surface area contributed by atoms with E-state index in [1.165, 1.54) is 0 Å². The Kier molecular flexibility index (Phi) is 5.32. The van der Waals surface area contributed by atoms with Crippen molar-refractivity contribution in [1.82, 2.24) is 10.1 Å². The van der Waals surface area contributed by atoms with Crippen LogP contribution in [0.1, 0.15) is 71.7 Å². The van der Waals surface area contributed by atoms with Gasteiger partial charge in [-0.05, 0) is 24.2 Å². The fraction of sp³-hybridized carbons (Fsp3) is 0.857. The second-order valence-electron chi connectivity index (χ2n) is 6.42. The van der Waals surface area contributed by atoms with Crippen molar-refractivity contribution < 1.29 is 9.63 Å². The monoisotopic (exact) mass is 254 g/mol. The summed E-state index contributed by atoms with van der Waals surface area (Å²) in [6.45, 7) is 10.9. The predicted molar refractivity (Wildman–Crippen MR) is 71.1 cm³/mol. The fourth-order valence-electron chi connectivity index (χ4n) is 2.30. The molecule has 1 aromatic heterocycles. The standard InChI is InChI=1S/C14H26N2O2/c1-6-7-11(17)13-15-12(18-16-13)8-10(2)9-14(3,4)5/h10-11,17H,6-9H2,1-5H3. The van der Waals surface area contributed by atoms with Gasteiger partial charge in [0.1, 0.15) is 6.10 Å². The Labute approximate surface area is 110 Å². The van der Waals surface area contributed by atoms with Crippen LogP contribution >= 0.6 is 0 Å². The number of hydrogen-bond donors (Lipinski definition) is 1. The van der Waals surface area contributed by atoms with Gasteiger partial charge < -0.3 is 9.63 Å². The van der Waals surface area contributed by atoms with Gasteiger partial charge >= 0.3 is 0 Å². The van der Waals surface area contributed by atoms with Crippen molar-refractivity contribution in [1.29, 1.82) is 0 Å².